The maximum Gasteiger partial charge on any atom is 0.251 e. The minimum absolute atomic E-state index is 0.103. The molecule has 1 aliphatic carbocycles. The van der Waals surface area contributed by atoms with E-state index in [-0.39, 0.29) is 16.9 Å². The van der Waals surface area contributed by atoms with Gasteiger partial charge in [0.25, 0.3) is 5.91 Å². The molecule has 132 valence electrons. The fourth-order valence-corrected chi connectivity index (χ4v) is 3.32. The zero-order valence-corrected chi connectivity index (χ0v) is 16.2. The van der Waals surface area contributed by atoms with Crippen molar-refractivity contribution in [1.82, 2.24) is 10.2 Å². The second-order valence-corrected chi connectivity index (χ2v) is 7.08. The number of allylic oxidation sites excluding steroid dienone is 3. The van der Waals surface area contributed by atoms with E-state index in [1.807, 2.05) is 24.3 Å². The quantitative estimate of drug-likeness (QED) is 0.577. The molecule has 1 aromatic rings. The van der Waals surface area contributed by atoms with Gasteiger partial charge >= 0.3 is 0 Å². The van der Waals surface area contributed by atoms with Crippen molar-refractivity contribution in [1.29, 1.82) is 0 Å². The summed E-state index contributed by atoms with van der Waals surface area (Å²) in [6.45, 7) is 4.29. The van der Waals surface area contributed by atoms with Crippen LogP contribution < -0.4 is 5.32 Å². The first-order valence-corrected chi connectivity index (χ1v) is 9.17. The van der Waals surface area contributed by atoms with Crippen LogP contribution in [0.4, 0.5) is 0 Å². The lowest BCUT2D eigenvalue weighted by Crippen LogP contribution is -2.45. The smallest absolute Gasteiger partial charge is 0.251 e. The van der Waals surface area contributed by atoms with Gasteiger partial charge < -0.3 is 5.32 Å². The standard InChI is InChI=1S/C19H16BrN3O2S/c1-2-9-21-17(24)13-5-3-12(4-6-13)11-23-18(25)15-10-14(20)7-8-16(15)22-19(23)26/h2-8,10,15H,1,9,11H2,(H,21,24). The molecule has 1 heterocycles. The molecule has 3 rings (SSSR count). The van der Waals surface area contributed by atoms with E-state index in [1.54, 1.807) is 24.3 Å². The Bertz CT molecular complexity index is 871. The average Bonchev–Trinajstić information content (AvgIpc) is 2.64. The Morgan fingerprint density at radius 3 is 2.77 bits per heavy atom. The number of halogens is 1. The molecule has 2 amide bonds. The van der Waals surface area contributed by atoms with Crippen LogP contribution in [0.15, 0.2) is 64.6 Å². The molecular weight excluding hydrogens is 414 g/mol. The Morgan fingerprint density at radius 2 is 2.08 bits per heavy atom. The van der Waals surface area contributed by atoms with E-state index in [9.17, 15) is 9.59 Å². The number of benzene rings is 1. The number of carbonyl (C=O) groups excluding carboxylic acids is 2. The summed E-state index contributed by atoms with van der Waals surface area (Å²) in [6.07, 6.45) is 7.09. The van der Waals surface area contributed by atoms with Crippen LogP contribution in [-0.4, -0.2) is 34.1 Å². The van der Waals surface area contributed by atoms with E-state index < -0.39 is 5.92 Å². The molecular formula is C19H16BrN3O2S. The largest absolute Gasteiger partial charge is 0.349 e. The van der Waals surface area contributed by atoms with Crippen LogP contribution in [0, 0.1) is 5.92 Å². The summed E-state index contributed by atoms with van der Waals surface area (Å²) in [5.41, 5.74) is 2.08. The topological polar surface area (TPSA) is 61.8 Å². The monoisotopic (exact) mass is 429 g/mol. The van der Waals surface area contributed by atoms with E-state index >= 15 is 0 Å². The number of aliphatic imine (C=N–C) groups is 1. The Morgan fingerprint density at radius 1 is 1.35 bits per heavy atom. The summed E-state index contributed by atoms with van der Waals surface area (Å²) < 4.78 is 0.845. The van der Waals surface area contributed by atoms with Crippen LogP contribution in [0.2, 0.25) is 0 Å². The first kappa shape index (κ1) is 18.4. The molecule has 1 aliphatic heterocycles. The Labute approximate surface area is 165 Å². The van der Waals surface area contributed by atoms with Crippen LogP contribution in [0.25, 0.3) is 0 Å². The third kappa shape index (κ3) is 3.89. The summed E-state index contributed by atoms with van der Waals surface area (Å²) in [5, 5.41) is 2.98. The molecule has 0 spiro atoms. The maximum atomic E-state index is 12.8. The third-order valence-corrected chi connectivity index (χ3v) is 4.85. The van der Waals surface area contributed by atoms with Gasteiger partial charge in [0.15, 0.2) is 0 Å². The predicted molar refractivity (Wildman–Crippen MR) is 109 cm³/mol. The fourth-order valence-electron chi connectivity index (χ4n) is 2.66. The highest BCUT2D eigenvalue weighted by Gasteiger charge is 2.34. The summed E-state index contributed by atoms with van der Waals surface area (Å²) in [7, 11) is 0. The summed E-state index contributed by atoms with van der Waals surface area (Å²) in [5.74, 6) is -0.696. The lowest BCUT2D eigenvalue weighted by Gasteiger charge is -2.30. The lowest BCUT2D eigenvalue weighted by molar-refractivity contribution is -0.128. The molecule has 1 N–H and O–H groups in total. The molecule has 0 saturated carbocycles. The van der Waals surface area contributed by atoms with Crippen LogP contribution in [0.1, 0.15) is 15.9 Å². The highest BCUT2D eigenvalue weighted by molar-refractivity contribution is 9.11. The van der Waals surface area contributed by atoms with Gasteiger partial charge in [0, 0.05) is 16.6 Å². The van der Waals surface area contributed by atoms with Gasteiger partial charge in [-0.2, -0.15) is 0 Å². The normalized spacial score (nSPS) is 18.8. The Hall–Kier alpha value is -2.38. The summed E-state index contributed by atoms with van der Waals surface area (Å²) in [4.78, 5) is 30.6. The van der Waals surface area contributed by atoms with Crippen molar-refractivity contribution in [2.75, 3.05) is 6.54 Å². The molecule has 1 aromatic carbocycles. The minimum atomic E-state index is -0.426. The van der Waals surface area contributed by atoms with E-state index in [0.29, 0.717) is 24.4 Å². The van der Waals surface area contributed by atoms with Gasteiger partial charge in [0.1, 0.15) is 5.92 Å². The van der Waals surface area contributed by atoms with Crippen molar-refractivity contribution in [2.24, 2.45) is 10.9 Å². The maximum absolute atomic E-state index is 12.8. The van der Waals surface area contributed by atoms with Gasteiger partial charge in [0.2, 0.25) is 11.0 Å². The van der Waals surface area contributed by atoms with Gasteiger partial charge in [-0.05, 0) is 42.1 Å². The SMILES string of the molecule is C=CCNC(=O)c1ccc(CN2C(=O)C3C=C(Br)C=CC3=NC2=S)cc1. The van der Waals surface area contributed by atoms with Crippen LogP contribution in [-0.2, 0) is 11.3 Å². The molecule has 0 radical (unpaired) electrons. The van der Waals surface area contributed by atoms with Crippen molar-refractivity contribution in [3.63, 3.8) is 0 Å². The lowest BCUT2D eigenvalue weighted by atomic mass is 9.95. The molecule has 0 fully saturated rings. The highest BCUT2D eigenvalue weighted by atomic mass is 79.9. The highest BCUT2D eigenvalue weighted by Crippen LogP contribution is 2.26. The van der Waals surface area contributed by atoms with Crippen molar-refractivity contribution in [2.45, 2.75) is 6.54 Å². The van der Waals surface area contributed by atoms with E-state index in [2.05, 4.69) is 32.8 Å². The predicted octanol–water partition coefficient (Wildman–Crippen LogP) is 3.14. The van der Waals surface area contributed by atoms with Crippen molar-refractivity contribution >= 4 is 50.8 Å². The van der Waals surface area contributed by atoms with Gasteiger partial charge in [0.05, 0.1) is 12.3 Å². The van der Waals surface area contributed by atoms with Crippen molar-refractivity contribution < 1.29 is 9.59 Å². The Balaban J connectivity index is 1.74. The summed E-state index contributed by atoms with van der Waals surface area (Å²) in [6, 6.07) is 7.06. The number of rotatable bonds is 5. The van der Waals surface area contributed by atoms with Gasteiger partial charge in [-0.3, -0.25) is 14.5 Å². The molecule has 0 bridgehead atoms. The summed E-state index contributed by atoms with van der Waals surface area (Å²) >= 11 is 8.68. The molecule has 26 heavy (non-hydrogen) atoms. The van der Waals surface area contributed by atoms with E-state index in [4.69, 9.17) is 12.2 Å². The molecule has 0 aromatic heterocycles. The second kappa shape index (κ2) is 7.88. The van der Waals surface area contributed by atoms with Crippen LogP contribution >= 0.6 is 28.1 Å². The molecule has 7 heteroatoms. The molecule has 2 aliphatic rings. The molecule has 5 nitrogen and oxygen atoms in total. The van der Waals surface area contributed by atoms with Gasteiger partial charge in [-0.1, -0.05) is 40.2 Å². The van der Waals surface area contributed by atoms with E-state index in [1.165, 1.54) is 4.90 Å². The number of hydrogen-bond acceptors (Lipinski definition) is 3. The number of thiocarbonyl (C=S) groups is 1. The number of nitrogens with one attached hydrogen (secondary N) is 1. The number of nitrogens with zero attached hydrogens (tertiary/aromatic N) is 2. The fraction of sp³-hybridized carbons (Fsp3) is 0.158. The minimum Gasteiger partial charge on any atom is -0.349 e. The first-order valence-electron chi connectivity index (χ1n) is 7.97. The van der Waals surface area contributed by atoms with Crippen LogP contribution in [0.5, 0.6) is 0 Å². The number of fused-ring (bicyclic) bond motifs is 1. The van der Waals surface area contributed by atoms with Crippen molar-refractivity contribution in [3.05, 3.63) is 70.8 Å². The Kier molecular flexibility index (Phi) is 5.58. The molecule has 1 unspecified atom stereocenters. The second-order valence-electron chi connectivity index (χ2n) is 5.80. The number of hydrogen-bond donors (Lipinski definition) is 1. The zero-order chi connectivity index (χ0) is 18.7. The van der Waals surface area contributed by atoms with Crippen LogP contribution in [0.3, 0.4) is 0 Å². The van der Waals surface area contributed by atoms with E-state index in [0.717, 1.165) is 10.0 Å². The average molecular weight is 430 g/mol. The first-order chi connectivity index (χ1) is 12.5. The zero-order valence-electron chi connectivity index (χ0n) is 13.8. The van der Waals surface area contributed by atoms with Gasteiger partial charge in [-0.15, -0.1) is 6.58 Å². The van der Waals surface area contributed by atoms with Crippen molar-refractivity contribution in [3.8, 4) is 0 Å². The van der Waals surface area contributed by atoms with Gasteiger partial charge in [-0.25, -0.2) is 4.99 Å². The number of amides is 2. The molecule has 0 saturated heterocycles. The third-order valence-electron chi connectivity index (χ3n) is 4.01. The molecule has 1 atom stereocenters. The number of carbonyl (C=O) groups is 2.